The van der Waals surface area contributed by atoms with E-state index in [-0.39, 0.29) is 5.69 Å². The molecule has 19 heavy (non-hydrogen) atoms. The maximum atomic E-state index is 11.0. The molecule has 1 spiro atoms. The van der Waals surface area contributed by atoms with Crippen LogP contribution < -0.4 is 4.90 Å². The van der Waals surface area contributed by atoms with E-state index in [9.17, 15) is 4.79 Å². The molecule has 0 atom stereocenters. The van der Waals surface area contributed by atoms with Gasteiger partial charge in [-0.25, -0.2) is 9.78 Å². The van der Waals surface area contributed by atoms with Gasteiger partial charge in [-0.05, 0) is 36.8 Å². The second kappa shape index (κ2) is 4.81. The van der Waals surface area contributed by atoms with Crippen molar-refractivity contribution in [2.45, 2.75) is 19.3 Å². The minimum Gasteiger partial charge on any atom is -0.477 e. The number of carboxylic acid groups (broad SMARTS) is 1. The molecule has 3 rings (SSSR count). The van der Waals surface area contributed by atoms with E-state index in [4.69, 9.17) is 9.84 Å². The van der Waals surface area contributed by atoms with Crippen LogP contribution in [0.2, 0.25) is 0 Å². The lowest BCUT2D eigenvalue weighted by Gasteiger charge is -2.33. The first-order valence-electron chi connectivity index (χ1n) is 6.72. The molecule has 0 aliphatic carbocycles. The highest BCUT2D eigenvalue weighted by Gasteiger charge is 2.39. The van der Waals surface area contributed by atoms with Crippen LogP contribution in [-0.4, -0.2) is 42.4 Å². The molecule has 1 N–H and O–H groups in total. The number of ether oxygens (including phenoxy) is 1. The van der Waals surface area contributed by atoms with Gasteiger partial charge in [-0.3, -0.25) is 0 Å². The first-order valence-corrected chi connectivity index (χ1v) is 6.72. The van der Waals surface area contributed by atoms with Gasteiger partial charge in [0.2, 0.25) is 0 Å². The quantitative estimate of drug-likeness (QED) is 0.880. The molecule has 1 aromatic rings. The van der Waals surface area contributed by atoms with Crippen LogP contribution in [0.3, 0.4) is 0 Å². The number of carbonyl (C=O) groups is 1. The first-order chi connectivity index (χ1) is 9.19. The lowest BCUT2D eigenvalue weighted by atomic mass is 9.80. The van der Waals surface area contributed by atoms with E-state index in [1.165, 1.54) is 6.07 Å². The molecule has 2 aliphatic rings. The third kappa shape index (κ3) is 2.42. The number of pyridine rings is 1. The Balaban J connectivity index is 1.77. The van der Waals surface area contributed by atoms with Crippen molar-refractivity contribution < 1.29 is 14.6 Å². The molecule has 0 radical (unpaired) electrons. The standard InChI is InChI=1S/C14H18N2O3/c17-13(18)11-2-1-3-12(15-11)16-7-4-14(10-16)5-8-19-9-6-14/h1-3H,4-10H2,(H,17,18). The van der Waals surface area contributed by atoms with Crippen molar-refractivity contribution in [3.8, 4) is 0 Å². The van der Waals surface area contributed by atoms with Gasteiger partial charge >= 0.3 is 5.97 Å². The maximum absolute atomic E-state index is 11.0. The van der Waals surface area contributed by atoms with Crippen LogP contribution in [-0.2, 0) is 4.74 Å². The molecule has 5 heteroatoms. The molecule has 0 bridgehead atoms. The zero-order chi connectivity index (χ0) is 13.3. The van der Waals surface area contributed by atoms with E-state index in [1.54, 1.807) is 6.07 Å². The molecule has 5 nitrogen and oxygen atoms in total. The van der Waals surface area contributed by atoms with Crippen molar-refractivity contribution in [1.82, 2.24) is 4.98 Å². The minimum atomic E-state index is -0.971. The monoisotopic (exact) mass is 262 g/mol. The number of aromatic carboxylic acids is 1. The third-order valence-electron chi connectivity index (χ3n) is 4.27. The number of carboxylic acids is 1. The molecular formula is C14H18N2O3. The summed E-state index contributed by atoms with van der Waals surface area (Å²) in [6, 6.07) is 5.19. The zero-order valence-electron chi connectivity index (χ0n) is 10.8. The molecule has 3 heterocycles. The smallest absolute Gasteiger partial charge is 0.354 e. The molecular weight excluding hydrogens is 244 g/mol. The number of aromatic nitrogens is 1. The average Bonchev–Trinajstić information content (AvgIpc) is 2.83. The second-order valence-corrected chi connectivity index (χ2v) is 5.47. The summed E-state index contributed by atoms with van der Waals surface area (Å²) in [6.45, 7) is 3.61. The summed E-state index contributed by atoms with van der Waals surface area (Å²) >= 11 is 0. The zero-order valence-corrected chi connectivity index (χ0v) is 10.8. The van der Waals surface area contributed by atoms with E-state index < -0.39 is 5.97 Å². The predicted octanol–water partition coefficient (Wildman–Crippen LogP) is 1.79. The highest BCUT2D eigenvalue weighted by atomic mass is 16.5. The van der Waals surface area contributed by atoms with Crippen LogP contribution in [0.15, 0.2) is 18.2 Å². The largest absolute Gasteiger partial charge is 0.477 e. The fourth-order valence-electron chi connectivity index (χ4n) is 3.06. The average molecular weight is 262 g/mol. The van der Waals surface area contributed by atoms with Crippen LogP contribution in [0.25, 0.3) is 0 Å². The van der Waals surface area contributed by atoms with Gasteiger partial charge in [0.15, 0.2) is 5.69 Å². The summed E-state index contributed by atoms with van der Waals surface area (Å²) in [6.07, 6.45) is 3.35. The van der Waals surface area contributed by atoms with E-state index in [0.717, 1.165) is 51.4 Å². The van der Waals surface area contributed by atoms with Crippen LogP contribution in [0.4, 0.5) is 5.82 Å². The SMILES string of the molecule is O=C(O)c1cccc(N2CCC3(CCOCC3)C2)n1. The number of rotatable bonds is 2. The summed E-state index contributed by atoms with van der Waals surface area (Å²) < 4.78 is 5.44. The fourth-order valence-corrected chi connectivity index (χ4v) is 3.06. The normalized spacial score (nSPS) is 21.8. The first kappa shape index (κ1) is 12.4. The molecule has 2 fully saturated rings. The van der Waals surface area contributed by atoms with Gasteiger partial charge in [-0.2, -0.15) is 0 Å². The van der Waals surface area contributed by atoms with E-state index >= 15 is 0 Å². The molecule has 102 valence electrons. The van der Waals surface area contributed by atoms with Crippen LogP contribution in [0.1, 0.15) is 29.8 Å². The summed E-state index contributed by atoms with van der Waals surface area (Å²) in [5.41, 5.74) is 0.463. The van der Waals surface area contributed by atoms with Gasteiger partial charge < -0.3 is 14.7 Å². The Morgan fingerprint density at radius 2 is 2.11 bits per heavy atom. The topological polar surface area (TPSA) is 62.7 Å². The van der Waals surface area contributed by atoms with Crippen molar-refractivity contribution in [1.29, 1.82) is 0 Å². The molecule has 1 aromatic heterocycles. The summed E-state index contributed by atoms with van der Waals surface area (Å²) in [5.74, 6) is -0.190. The summed E-state index contributed by atoms with van der Waals surface area (Å²) in [7, 11) is 0. The highest BCUT2D eigenvalue weighted by Crippen LogP contribution is 2.40. The Morgan fingerprint density at radius 1 is 1.32 bits per heavy atom. The van der Waals surface area contributed by atoms with Gasteiger partial charge in [0.1, 0.15) is 5.82 Å². The van der Waals surface area contributed by atoms with Crippen LogP contribution in [0, 0.1) is 5.41 Å². The second-order valence-electron chi connectivity index (χ2n) is 5.47. The predicted molar refractivity (Wildman–Crippen MR) is 70.5 cm³/mol. The number of hydrogen-bond acceptors (Lipinski definition) is 4. The molecule has 0 aromatic carbocycles. The van der Waals surface area contributed by atoms with Gasteiger partial charge in [0, 0.05) is 26.3 Å². The van der Waals surface area contributed by atoms with Crippen LogP contribution in [0.5, 0.6) is 0 Å². The van der Waals surface area contributed by atoms with Crippen LogP contribution >= 0.6 is 0 Å². The molecule has 2 saturated heterocycles. The maximum Gasteiger partial charge on any atom is 0.354 e. The van der Waals surface area contributed by atoms with E-state index in [0.29, 0.717) is 5.41 Å². The van der Waals surface area contributed by atoms with Crippen molar-refractivity contribution in [3.05, 3.63) is 23.9 Å². The van der Waals surface area contributed by atoms with Gasteiger partial charge in [0.05, 0.1) is 0 Å². The molecule has 0 unspecified atom stereocenters. The Kier molecular flexibility index (Phi) is 3.14. The van der Waals surface area contributed by atoms with Gasteiger partial charge in [-0.15, -0.1) is 0 Å². The van der Waals surface area contributed by atoms with Crippen molar-refractivity contribution in [2.75, 3.05) is 31.2 Å². The van der Waals surface area contributed by atoms with Gasteiger partial charge in [0.25, 0.3) is 0 Å². The van der Waals surface area contributed by atoms with E-state index in [1.807, 2.05) is 6.07 Å². The Labute approximate surface area is 112 Å². The Hall–Kier alpha value is -1.62. The molecule has 2 aliphatic heterocycles. The highest BCUT2D eigenvalue weighted by molar-refractivity contribution is 5.85. The van der Waals surface area contributed by atoms with E-state index in [2.05, 4.69) is 9.88 Å². The number of nitrogens with zero attached hydrogens (tertiary/aromatic N) is 2. The lowest BCUT2D eigenvalue weighted by Crippen LogP contribution is -2.33. The number of anilines is 1. The lowest BCUT2D eigenvalue weighted by molar-refractivity contribution is 0.0254. The number of hydrogen-bond donors (Lipinski definition) is 1. The molecule has 0 amide bonds. The minimum absolute atomic E-state index is 0.116. The van der Waals surface area contributed by atoms with Crippen molar-refractivity contribution in [3.63, 3.8) is 0 Å². The summed E-state index contributed by atoms with van der Waals surface area (Å²) in [4.78, 5) is 17.4. The third-order valence-corrected chi connectivity index (χ3v) is 4.27. The van der Waals surface area contributed by atoms with Gasteiger partial charge in [-0.1, -0.05) is 6.07 Å². The Morgan fingerprint density at radius 3 is 2.84 bits per heavy atom. The summed E-state index contributed by atoms with van der Waals surface area (Å²) in [5, 5.41) is 9.00. The molecule has 0 saturated carbocycles. The van der Waals surface area contributed by atoms with Crippen molar-refractivity contribution >= 4 is 11.8 Å². The fraction of sp³-hybridized carbons (Fsp3) is 0.571. The van der Waals surface area contributed by atoms with Crippen molar-refractivity contribution in [2.24, 2.45) is 5.41 Å². The Bertz CT molecular complexity index is 483.